The van der Waals surface area contributed by atoms with Gasteiger partial charge in [-0.3, -0.25) is 0 Å². The molecule has 0 N–H and O–H groups in total. The van der Waals surface area contributed by atoms with Gasteiger partial charge in [-0.05, 0) is 0 Å². The molecule has 0 fully saturated rings. The number of hydrogen-bond acceptors (Lipinski definition) is 0. The molecule has 0 unspecified atom stereocenters. The van der Waals surface area contributed by atoms with Crippen LogP contribution in [0.2, 0.25) is 0 Å². The summed E-state index contributed by atoms with van der Waals surface area (Å²) in [7, 11) is 0. The van der Waals surface area contributed by atoms with Gasteiger partial charge in [-0.25, -0.2) is 0 Å². The van der Waals surface area contributed by atoms with Crippen LogP contribution in [0.4, 0.5) is 0 Å². The molecular formula is C3HBr2. The second-order valence-corrected chi connectivity index (χ2v) is 3.05. The summed E-state index contributed by atoms with van der Waals surface area (Å²) in [6, 6.07) is 0. The van der Waals surface area contributed by atoms with E-state index in [9.17, 15) is 0 Å². The largest absolute Gasteiger partial charge is 0.176 e. The first-order chi connectivity index (χ1) is 2.27. The van der Waals surface area contributed by atoms with Crippen molar-refractivity contribution in [3.05, 3.63) is 3.74 Å². The standard InChI is InChI=1S/C3HBr2/c1-2-3(4)5/h1H. The highest BCUT2D eigenvalue weighted by Gasteiger charge is 1.82. The van der Waals surface area contributed by atoms with Crippen LogP contribution in [0.15, 0.2) is 0 Å². The molecule has 0 aromatic carbocycles. The van der Waals surface area contributed by atoms with Crippen molar-refractivity contribution in [2.45, 2.75) is 0 Å². The predicted octanol–water partition coefficient (Wildman–Crippen LogP) is 1.90. The van der Waals surface area contributed by atoms with Crippen molar-refractivity contribution < 1.29 is 0 Å². The summed E-state index contributed by atoms with van der Waals surface area (Å²) < 4.78 is 0.657. The van der Waals surface area contributed by atoms with Crippen LogP contribution < -0.4 is 0 Å². The van der Waals surface area contributed by atoms with Gasteiger partial charge in [0.05, 0.1) is 0 Å². The van der Waals surface area contributed by atoms with E-state index >= 15 is 0 Å². The predicted molar refractivity (Wildman–Crippen MR) is 29.9 cm³/mol. The lowest BCUT2D eigenvalue weighted by Gasteiger charge is -1.72. The minimum absolute atomic E-state index is 0.657. The minimum Gasteiger partial charge on any atom is -0.118 e. The van der Waals surface area contributed by atoms with Crippen molar-refractivity contribution in [2.24, 2.45) is 0 Å². The molecule has 0 saturated carbocycles. The van der Waals surface area contributed by atoms with E-state index in [1.807, 2.05) is 0 Å². The van der Waals surface area contributed by atoms with Crippen LogP contribution >= 0.6 is 31.9 Å². The lowest BCUT2D eigenvalue weighted by atomic mass is 10.8. The van der Waals surface area contributed by atoms with Crippen LogP contribution in [0.3, 0.4) is 0 Å². The van der Waals surface area contributed by atoms with Gasteiger partial charge in [0.15, 0.2) is 3.74 Å². The molecule has 0 rings (SSSR count). The van der Waals surface area contributed by atoms with Gasteiger partial charge in [0.2, 0.25) is 0 Å². The summed E-state index contributed by atoms with van der Waals surface area (Å²) >= 11 is 5.94. The molecule has 0 bridgehead atoms. The maximum atomic E-state index is 4.79. The van der Waals surface area contributed by atoms with Crippen molar-refractivity contribution in [1.82, 2.24) is 0 Å². The Morgan fingerprint density at radius 3 is 1.80 bits per heavy atom. The molecule has 1 radical (unpaired) electrons. The first-order valence-electron chi connectivity index (χ1n) is 0.917. The third-order valence-corrected chi connectivity index (χ3v) is 0.567. The third kappa shape index (κ3) is 4.52. The molecule has 0 aliphatic carbocycles. The molecule has 27 valence electrons. The zero-order valence-corrected chi connectivity index (χ0v) is 5.51. The first kappa shape index (κ1) is 5.52. The van der Waals surface area contributed by atoms with Gasteiger partial charge < -0.3 is 0 Å². The molecule has 0 aliphatic heterocycles. The molecule has 5 heavy (non-hydrogen) atoms. The summed E-state index contributed by atoms with van der Waals surface area (Å²) in [5, 5.41) is 0. The maximum Gasteiger partial charge on any atom is 0.176 e. The zero-order valence-electron chi connectivity index (χ0n) is 2.33. The molecule has 0 spiro atoms. The monoisotopic (exact) mass is 195 g/mol. The number of rotatable bonds is 0. The SMILES string of the molecule is C#C[C](Br)Br. The molecule has 0 amide bonds. The highest BCUT2D eigenvalue weighted by molar-refractivity contribution is 9.27. The second-order valence-electron chi connectivity index (χ2n) is 0.405. The van der Waals surface area contributed by atoms with E-state index in [4.69, 9.17) is 6.42 Å². The van der Waals surface area contributed by atoms with Crippen molar-refractivity contribution in [2.75, 3.05) is 0 Å². The molecule has 0 aromatic rings. The van der Waals surface area contributed by atoms with Crippen molar-refractivity contribution >= 4 is 31.9 Å². The maximum absolute atomic E-state index is 4.79. The van der Waals surface area contributed by atoms with E-state index in [1.54, 1.807) is 0 Å². The fourth-order valence-corrected chi connectivity index (χ4v) is 0. The molecular weight excluding hydrogens is 196 g/mol. The fraction of sp³-hybridized carbons (Fsp3) is 0. The molecule has 0 aliphatic rings. The Hall–Kier alpha value is 0.520. The van der Waals surface area contributed by atoms with Gasteiger partial charge >= 0.3 is 0 Å². The van der Waals surface area contributed by atoms with E-state index in [0.29, 0.717) is 3.74 Å². The molecule has 0 aromatic heterocycles. The summed E-state index contributed by atoms with van der Waals surface area (Å²) in [6.45, 7) is 0. The quantitative estimate of drug-likeness (QED) is 0.520. The van der Waals surface area contributed by atoms with E-state index < -0.39 is 0 Å². The van der Waals surface area contributed by atoms with E-state index in [2.05, 4.69) is 37.8 Å². The number of hydrogen-bond donors (Lipinski definition) is 0. The Bertz CT molecular complexity index is 50.4. The van der Waals surface area contributed by atoms with Gasteiger partial charge in [-0.15, -0.1) is 6.42 Å². The van der Waals surface area contributed by atoms with Gasteiger partial charge in [-0.1, -0.05) is 37.8 Å². The Morgan fingerprint density at radius 1 is 1.60 bits per heavy atom. The third-order valence-electron chi connectivity index (χ3n) is 0.109. The second kappa shape index (κ2) is 2.74. The topological polar surface area (TPSA) is 0 Å². The number of terminal acetylenes is 1. The van der Waals surface area contributed by atoms with Crippen LogP contribution in [0, 0.1) is 16.1 Å². The Labute approximate surface area is 48.2 Å². The average molecular weight is 197 g/mol. The first-order valence-corrected chi connectivity index (χ1v) is 2.50. The Morgan fingerprint density at radius 2 is 1.80 bits per heavy atom. The highest BCUT2D eigenvalue weighted by atomic mass is 79.9. The molecule has 0 saturated heterocycles. The number of halogens is 2. The van der Waals surface area contributed by atoms with Crippen LogP contribution in [-0.2, 0) is 0 Å². The fourth-order valence-electron chi connectivity index (χ4n) is 0. The average Bonchev–Trinajstić information content (AvgIpc) is 1.38. The van der Waals surface area contributed by atoms with Crippen LogP contribution in [0.5, 0.6) is 0 Å². The van der Waals surface area contributed by atoms with E-state index in [1.165, 1.54) is 0 Å². The van der Waals surface area contributed by atoms with Crippen molar-refractivity contribution in [1.29, 1.82) is 0 Å². The van der Waals surface area contributed by atoms with Gasteiger partial charge in [0.25, 0.3) is 0 Å². The lowest BCUT2D eigenvalue weighted by Crippen LogP contribution is -1.52. The van der Waals surface area contributed by atoms with Crippen LogP contribution in [0.1, 0.15) is 0 Å². The smallest absolute Gasteiger partial charge is 0.118 e. The van der Waals surface area contributed by atoms with Crippen LogP contribution in [0.25, 0.3) is 0 Å². The molecule has 0 nitrogen and oxygen atoms in total. The van der Waals surface area contributed by atoms with Crippen molar-refractivity contribution in [3.8, 4) is 12.3 Å². The van der Waals surface area contributed by atoms with E-state index in [0.717, 1.165) is 0 Å². The van der Waals surface area contributed by atoms with Gasteiger partial charge in [0, 0.05) is 0 Å². The Kier molecular flexibility index (Phi) is 3.03. The molecule has 2 heteroatoms. The van der Waals surface area contributed by atoms with Crippen LogP contribution in [-0.4, -0.2) is 0 Å². The van der Waals surface area contributed by atoms with Gasteiger partial charge in [-0.2, -0.15) is 0 Å². The van der Waals surface area contributed by atoms with E-state index in [-0.39, 0.29) is 0 Å². The summed E-state index contributed by atoms with van der Waals surface area (Å²) in [5.74, 6) is 2.28. The zero-order chi connectivity index (χ0) is 4.28. The normalized spacial score (nSPS) is 7.60. The summed E-state index contributed by atoms with van der Waals surface area (Å²) in [4.78, 5) is 0. The molecule has 0 heterocycles. The lowest BCUT2D eigenvalue weighted by molar-refractivity contribution is 2.25. The summed E-state index contributed by atoms with van der Waals surface area (Å²) in [5.41, 5.74) is 0. The summed E-state index contributed by atoms with van der Waals surface area (Å²) in [6.07, 6.45) is 4.79. The van der Waals surface area contributed by atoms with Gasteiger partial charge in [0.1, 0.15) is 0 Å². The Balaban J connectivity index is 2.94. The van der Waals surface area contributed by atoms with Crippen molar-refractivity contribution in [3.63, 3.8) is 0 Å². The molecule has 0 atom stereocenters. The minimum atomic E-state index is 0.657. The highest BCUT2D eigenvalue weighted by Crippen LogP contribution is 2.14.